The number of ether oxygens (including phenoxy) is 2. The molecule has 1 amide bonds. The van der Waals surface area contributed by atoms with Gasteiger partial charge in [0.05, 0.1) is 12.9 Å². The summed E-state index contributed by atoms with van der Waals surface area (Å²) in [5.41, 5.74) is 2.19. The lowest BCUT2D eigenvalue weighted by Gasteiger charge is -2.14. The molecule has 0 aromatic heterocycles. The molecule has 8 heteroatoms. The highest BCUT2D eigenvalue weighted by molar-refractivity contribution is 6.04. The molecular formula is C23H27N3O5. The second-order valence-corrected chi connectivity index (χ2v) is 7.16. The van der Waals surface area contributed by atoms with Gasteiger partial charge in [-0.1, -0.05) is 12.1 Å². The molecule has 2 aromatic carbocycles. The second kappa shape index (κ2) is 11.0. The number of nitrogens with one attached hydrogen (secondary N) is 2. The Balaban J connectivity index is 1.59. The molecule has 0 fully saturated rings. The molecule has 164 valence electrons. The van der Waals surface area contributed by atoms with E-state index < -0.39 is 12.6 Å². The number of aliphatic carboxylic acids is 1. The molecule has 1 heterocycles. The van der Waals surface area contributed by atoms with E-state index in [0.29, 0.717) is 22.7 Å². The Morgan fingerprint density at radius 1 is 1.16 bits per heavy atom. The van der Waals surface area contributed by atoms with Gasteiger partial charge >= 0.3 is 5.97 Å². The van der Waals surface area contributed by atoms with Crippen LogP contribution in [0, 0.1) is 0 Å². The van der Waals surface area contributed by atoms with Crippen LogP contribution in [-0.2, 0) is 11.2 Å². The molecule has 0 atom stereocenters. The van der Waals surface area contributed by atoms with Gasteiger partial charge in [0, 0.05) is 36.8 Å². The summed E-state index contributed by atoms with van der Waals surface area (Å²) in [5.74, 6) is 0.391. The molecule has 1 aliphatic rings. The van der Waals surface area contributed by atoms with Crippen molar-refractivity contribution in [2.75, 3.05) is 32.1 Å². The molecule has 3 N–H and O–H groups in total. The normalized spacial score (nSPS) is 13.0. The van der Waals surface area contributed by atoms with Crippen molar-refractivity contribution in [2.24, 2.45) is 4.99 Å². The predicted molar refractivity (Wildman–Crippen MR) is 118 cm³/mol. The lowest BCUT2D eigenvalue weighted by atomic mass is 10.0. The maximum atomic E-state index is 12.7. The molecule has 0 saturated heterocycles. The van der Waals surface area contributed by atoms with E-state index in [1.54, 1.807) is 24.3 Å². The van der Waals surface area contributed by atoms with Crippen LogP contribution < -0.4 is 20.1 Å². The van der Waals surface area contributed by atoms with Gasteiger partial charge in [-0.05, 0) is 49.1 Å². The summed E-state index contributed by atoms with van der Waals surface area (Å²) in [6.07, 6.45) is 3.83. The Morgan fingerprint density at radius 3 is 2.77 bits per heavy atom. The highest BCUT2D eigenvalue weighted by atomic mass is 16.5. The van der Waals surface area contributed by atoms with Crippen molar-refractivity contribution in [1.82, 2.24) is 5.32 Å². The monoisotopic (exact) mass is 425 g/mol. The first-order valence-corrected chi connectivity index (χ1v) is 10.3. The smallest absolute Gasteiger partial charge is 0.341 e. The third kappa shape index (κ3) is 6.74. The summed E-state index contributed by atoms with van der Waals surface area (Å²) >= 11 is 0. The van der Waals surface area contributed by atoms with Crippen molar-refractivity contribution >= 4 is 23.4 Å². The Bertz CT molecular complexity index is 958. The summed E-state index contributed by atoms with van der Waals surface area (Å²) in [5, 5.41) is 14.9. The van der Waals surface area contributed by atoms with E-state index in [4.69, 9.17) is 14.6 Å². The lowest BCUT2D eigenvalue weighted by Crippen LogP contribution is -2.29. The van der Waals surface area contributed by atoms with E-state index >= 15 is 0 Å². The zero-order valence-electron chi connectivity index (χ0n) is 17.5. The fraction of sp³-hybridized carbons (Fsp3) is 0.348. The number of aliphatic imine (C=N–C) groups is 1. The molecule has 1 aliphatic heterocycles. The number of benzene rings is 2. The van der Waals surface area contributed by atoms with Gasteiger partial charge in [-0.25, -0.2) is 4.79 Å². The van der Waals surface area contributed by atoms with E-state index in [1.807, 2.05) is 18.2 Å². The Labute approximate surface area is 181 Å². The number of hydrogen-bond acceptors (Lipinski definition) is 6. The van der Waals surface area contributed by atoms with Crippen LogP contribution in [0.3, 0.4) is 0 Å². The van der Waals surface area contributed by atoms with E-state index in [-0.39, 0.29) is 5.91 Å². The maximum Gasteiger partial charge on any atom is 0.341 e. The first kappa shape index (κ1) is 22.1. The van der Waals surface area contributed by atoms with Crippen LogP contribution in [0.4, 0.5) is 5.69 Å². The largest absolute Gasteiger partial charge is 0.493 e. The number of carboxylic acid groups (broad SMARTS) is 1. The van der Waals surface area contributed by atoms with Crippen molar-refractivity contribution in [3.63, 3.8) is 0 Å². The third-order valence-electron chi connectivity index (χ3n) is 4.81. The summed E-state index contributed by atoms with van der Waals surface area (Å²) in [6, 6.07) is 12.4. The highest BCUT2D eigenvalue weighted by Crippen LogP contribution is 2.30. The van der Waals surface area contributed by atoms with Gasteiger partial charge in [0.1, 0.15) is 0 Å². The zero-order chi connectivity index (χ0) is 22.1. The number of amides is 1. The molecule has 3 rings (SSSR count). The molecule has 0 saturated carbocycles. The number of hydrogen-bond donors (Lipinski definition) is 3. The molecule has 0 aliphatic carbocycles. The van der Waals surface area contributed by atoms with Crippen molar-refractivity contribution < 1.29 is 24.2 Å². The predicted octanol–water partition coefficient (Wildman–Crippen LogP) is 3.13. The van der Waals surface area contributed by atoms with Crippen LogP contribution in [0.15, 0.2) is 47.5 Å². The van der Waals surface area contributed by atoms with Crippen LogP contribution in [-0.4, -0.2) is 49.6 Å². The van der Waals surface area contributed by atoms with Gasteiger partial charge < -0.3 is 25.2 Å². The first-order chi connectivity index (χ1) is 15.0. The first-order valence-electron chi connectivity index (χ1n) is 10.3. The number of amidine groups is 1. The number of rotatable bonds is 10. The molecule has 0 radical (unpaired) electrons. The summed E-state index contributed by atoms with van der Waals surface area (Å²) in [6.45, 7) is 1.42. The maximum absolute atomic E-state index is 12.7. The van der Waals surface area contributed by atoms with E-state index in [1.165, 1.54) is 7.11 Å². The average Bonchev–Trinajstić information content (AvgIpc) is 2.79. The average molecular weight is 425 g/mol. The minimum Gasteiger partial charge on any atom is -0.493 e. The number of nitrogens with zero attached hydrogens (tertiary/aromatic N) is 1. The summed E-state index contributed by atoms with van der Waals surface area (Å²) in [7, 11) is 1.45. The van der Waals surface area contributed by atoms with Gasteiger partial charge in [0.2, 0.25) is 0 Å². The van der Waals surface area contributed by atoms with Crippen LogP contribution in [0.5, 0.6) is 11.5 Å². The van der Waals surface area contributed by atoms with Crippen LogP contribution in [0.2, 0.25) is 0 Å². The molecule has 0 bridgehead atoms. The Hall–Kier alpha value is -3.55. The van der Waals surface area contributed by atoms with E-state index in [2.05, 4.69) is 15.6 Å². The minimum absolute atomic E-state index is 0.235. The van der Waals surface area contributed by atoms with Crippen LogP contribution in [0.1, 0.15) is 35.2 Å². The molecular weight excluding hydrogens is 398 g/mol. The number of methoxy groups -OCH3 is 1. The number of aryl methyl sites for hydroxylation is 1. The molecule has 0 spiro atoms. The number of carbonyl (C=O) groups is 2. The fourth-order valence-electron chi connectivity index (χ4n) is 3.28. The van der Waals surface area contributed by atoms with Crippen LogP contribution >= 0.6 is 0 Å². The van der Waals surface area contributed by atoms with Gasteiger partial charge in [-0.15, -0.1) is 0 Å². The summed E-state index contributed by atoms with van der Waals surface area (Å²) in [4.78, 5) is 27.9. The molecule has 31 heavy (non-hydrogen) atoms. The zero-order valence-corrected chi connectivity index (χ0v) is 17.5. The topological polar surface area (TPSA) is 109 Å². The van der Waals surface area contributed by atoms with Crippen LogP contribution in [0.25, 0.3) is 0 Å². The quantitative estimate of drug-likeness (QED) is 0.540. The van der Waals surface area contributed by atoms with Crippen molar-refractivity contribution in [2.45, 2.75) is 25.7 Å². The molecule has 2 aromatic rings. The number of carbonyl (C=O) groups excluding carboxylic acids is 1. The van der Waals surface area contributed by atoms with Gasteiger partial charge in [0.15, 0.2) is 18.1 Å². The Kier molecular flexibility index (Phi) is 7.86. The van der Waals surface area contributed by atoms with Gasteiger partial charge in [0.25, 0.3) is 5.91 Å². The summed E-state index contributed by atoms with van der Waals surface area (Å²) < 4.78 is 10.4. The number of carboxylic acids is 1. The molecule has 0 unspecified atom stereocenters. The standard InChI is InChI=1S/C23H27N3O5/c1-30-20-14-18(9-10-19(20)31-15-22(27)28)26-23(29)17-7-2-5-16(13-17)6-3-8-21-24-11-4-12-25-21/h2,5,7,9-10,13-14H,3-4,6,8,11-12,15H2,1H3,(H,24,25)(H,26,29)(H,27,28). The SMILES string of the molecule is COc1cc(NC(=O)c2cccc(CCCC3=NCCCN3)c2)ccc1OCC(=O)O. The van der Waals surface area contributed by atoms with E-state index in [9.17, 15) is 9.59 Å². The van der Waals surface area contributed by atoms with Gasteiger partial charge in [-0.2, -0.15) is 0 Å². The minimum atomic E-state index is -1.08. The van der Waals surface area contributed by atoms with E-state index in [0.717, 1.165) is 50.2 Å². The second-order valence-electron chi connectivity index (χ2n) is 7.16. The highest BCUT2D eigenvalue weighted by Gasteiger charge is 2.12. The van der Waals surface area contributed by atoms with Gasteiger partial charge in [-0.3, -0.25) is 9.79 Å². The molecule has 8 nitrogen and oxygen atoms in total. The van der Waals surface area contributed by atoms with Crippen molar-refractivity contribution in [1.29, 1.82) is 0 Å². The van der Waals surface area contributed by atoms with Crippen molar-refractivity contribution in [3.05, 3.63) is 53.6 Å². The lowest BCUT2D eigenvalue weighted by molar-refractivity contribution is -0.139. The fourth-order valence-corrected chi connectivity index (χ4v) is 3.28. The number of anilines is 1. The van der Waals surface area contributed by atoms with Crippen molar-refractivity contribution in [3.8, 4) is 11.5 Å². The third-order valence-corrected chi connectivity index (χ3v) is 4.81. The Morgan fingerprint density at radius 2 is 2.03 bits per heavy atom.